The molecule has 0 aliphatic carbocycles. The van der Waals surface area contributed by atoms with E-state index < -0.39 is 15.4 Å². The van der Waals surface area contributed by atoms with Crippen LogP contribution in [0.15, 0.2) is 18.5 Å². The fraction of sp³-hybridized carbons (Fsp3) is 0.737. The van der Waals surface area contributed by atoms with E-state index >= 15 is 0 Å². The van der Waals surface area contributed by atoms with Crippen molar-refractivity contribution in [3.63, 3.8) is 0 Å². The lowest BCUT2D eigenvalue weighted by atomic mass is 9.60. The van der Waals surface area contributed by atoms with E-state index in [-0.39, 0.29) is 17.1 Å². The number of carbonyl (C=O) groups is 1. The van der Waals surface area contributed by atoms with E-state index in [2.05, 4.69) is 14.9 Å². The Morgan fingerprint density at radius 1 is 1.04 bits per heavy atom. The van der Waals surface area contributed by atoms with Crippen molar-refractivity contribution in [2.45, 2.75) is 33.1 Å². The Kier molecular flexibility index (Phi) is 4.86. The first-order valence-corrected chi connectivity index (χ1v) is 11.8. The Balaban J connectivity index is 1.67. The number of sulfonamides is 1. The van der Waals surface area contributed by atoms with Crippen LogP contribution in [0.3, 0.4) is 0 Å². The van der Waals surface area contributed by atoms with Gasteiger partial charge in [-0.2, -0.15) is 0 Å². The minimum absolute atomic E-state index is 0.123. The number of carbonyl (C=O) groups excluding carboxylic acids is 1. The van der Waals surface area contributed by atoms with Crippen molar-refractivity contribution in [2.24, 2.45) is 10.8 Å². The topological polar surface area (TPSA) is 86.7 Å². The highest BCUT2D eigenvalue weighted by Gasteiger charge is 2.65. The predicted octanol–water partition coefficient (Wildman–Crippen LogP) is 0.967. The van der Waals surface area contributed by atoms with Gasteiger partial charge in [-0.1, -0.05) is 0 Å². The fourth-order valence-corrected chi connectivity index (χ4v) is 6.56. The normalized spacial score (nSPS) is 28.0. The second kappa shape index (κ2) is 6.95. The van der Waals surface area contributed by atoms with Crippen LogP contribution in [0.1, 0.15) is 33.1 Å². The lowest BCUT2D eigenvalue weighted by molar-refractivity contribution is -0.141. The van der Waals surface area contributed by atoms with Crippen molar-refractivity contribution in [3.05, 3.63) is 18.5 Å². The molecule has 8 nitrogen and oxygen atoms in total. The molecule has 2 spiro atoms. The molecule has 0 aromatic carbocycles. The molecule has 3 saturated heterocycles. The molecule has 3 fully saturated rings. The molecule has 3 aliphatic rings. The van der Waals surface area contributed by atoms with Crippen LogP contribution in [-0.4, -0.2) is 78.5 Å². The van der Waals surface area contributed by atoms with Crippen LogP contribution in [0, 0.1) is 10.8 Å². The minimum atomic E-state index is -3.20. The summed E-state index contributed by atoms with van der Waals surface area (Å²) in [7, 11) is -3.20. The van der Waals surface area contributed by atoms with Gasteiger partial charge in [-0.25, -0.2) is 22.7 Å². The lowest BCUT2D eigenvalue weighted by Gasteiger charge is -2.46. The van der Waals surface area contributed by atoms with E-state index in [1.807, 2.05) is 11.8 Å². The summed E-state index contributed by atoms with van der Waals surface area (Å²) in [5, 5.41) is 0. The maximum atomic E-state index is 13.5. The van der Waals surface area contributed by atoms with E-state index in [4.69, 9.17) is 0 Å². The van der Waals surface area contributed by atoms with Gasteiger partial charge in [0.25, 0.3) is 0 Å². The van der Waals surface area contributed by atoms with Gasteiger partial charge in [-0.15, -0.1) is 0 Å². The Labute approximate surface area is 167 Å². The molecule has 4 heterocycles. The highest BCUT2D eigenvalue weighted by molar-refractivity contribution is 7.89. The van der Waals surface area contributed by atoms with Gasteiger partial charge in [0.1, 0.15) is 0 Å². The number of hydrogen-bond donors (Lipinski definition) is 0. The molecule has 1 aromatic rings. The van der Waals surface area contributed by atoms with Crippen LogP contribution in [-0.2, 0) is 14.8 Å². The molecule has 1 atom stereocenters. The van der Waals surface area contributed by atoms with Gasteiger partial charge in [-0.3, -0.25) is 4.79 Å². The van der Waals surface area contributed by atoms with Gasteiger partial charge in [0.05, 0.1) is 11.2 Å². The lowest BCUT2D eigenvalue weighted by Crippen LogP contribution is -2.53. The molecule has 0 radical (unpaired) electrons. The first-order valence-electron chi connectivity index (χ1n) is 10.2. The molecule has 9 heteroatoms. The third-order valence-corrected chi connectivity index (χ3v) is 9.01. The predicted molar refractivity (Wildman–Crippen MR) is 106 cm³/mol. The highest BCUT2D eigenvalue weighted by Crippen LogP contribution is 2.58. The standard InChI is InChI=1S/C19H29N5O3S/c1-3-22-11-8-19(16(22)25)15-23(17-20-9-5-10-21-17)14-18(19)6-12-24(13-7-18)28(26,27)4-2/h5,9-10H,3-4,6-8,11-15H2,1-2H3. The quantitative estimate of drug-likeness (QED) is 0.739. The number of rotatable bonds is 4. The van der Waals surface area contributed by atoms with Crippen molar-refractivity contribution in [1.82, 2.24) is 19.2 Å². The second-order valence-electron chi connectivity index (χ2n) is 8.20. The third-order valence-electron chi connectivity index (χ3n) is 7.13. The molecule has 3 aliphatic heterocycles. The number of likely N-dealkylation sites (tertiary alicyclic amines) is 1. The largest absolute Gasteiger partial charge is 0.342 e. The zero-order valence-corrected chi connectivity index (χ0v) is 17.5. The maximum absolute atomic E-state index is 13.5. The molecule has 0 saturated carbocycles. The van der Waals surface area contributed by atoms with Crippen LogP contribution in [0.4, 0.5) is 5.95 Å². The smallest absolute Gasteiger partial charge is 0.231 e. The van der Waals surface area contributed by atoms with Gasteiger partial charge in [0, 0.05) is 57.1 Å². The second-order valence-corrected chi connectivity index (χ2v) is 10.5. The number of anilines is 1. The van der Waals surface area contributed by atoms with E-state index in [0.29, 0.717) is 45.0 Å². The van der Waals surface area contributed by atoms with E-state index in [0.717, 1.165) is 19.5 Å². The van der Waals surface area contributed by atoms with Crippen molar-refractivity contribution < 1.29 is 13.2 Å². The van der Waals surface area contributed by atoms with Gasteiger partial charge in [0.2, 0.25) is 21.9 Å². The van der Waals surface area contributed by atoms with Crippen LogP contribution in [0.25, 0.3) is 0 Å². The van der Waals surface area contributed by atoms with Crippen LogP contribution >= 0.6 is 0 Å². The third kappa shape index (κ3) is 2.82. The summed E-state index contributed by atoms with van der Waals surface area (Å²) < 4.78 is 26.3. The number of amides is 1. The van der Waals surface area contributed by atoms with E-state index in [1.165, 1.54) is 0 Å². The summed E-state index contributed by atoms with van der Waals surface area (Å²) in [4.78, 5) is 26.4. The van der Waals surface area contributed by atoms with Gasteiger partial charge >= 0.3 is 0 Å². The number of nitrogens with zero attached hydrogens (tertiary/aromatic N) is 5. The summed E-state index contributed by atoms with van der Waals surface area (Å²) in [6, 6.07) is 1.79. The number of fused-ring (bicyclic) bond motifs is 1. The van der Waals surface area contributed by atoms with Crippen LogP contribution < -0.4 is 4.90 Å². The summed E-state index contributed by atoms with van der Waals surface area (Å²) >= 11 is 0. The van der Waals surface area contributed by atoms with Crippen molar-refractivity contribution >= 4 is 21.9 Å². The zero-order valence-electron chi connectivity index (χ0n) is 16.7. The summed E-state index contributed by atoms with van der Waals surface area (Å²) in [5.74, 6) is 1.00. The average Bonchev–Trinajstić information content (AvgIpc) is 3.21. The molecule has 154 valence electrons. The molecular formula is C19H29N5O3S. The summed E-state index contributed by atoms with van der Waals surface area (Å²) in [5.41, 5.74) is -0.697. The monoisotopic (exact) mass is 407 g/mol. The van der Waals surface area contributed by atoms with Crippen molar-refractivity contribution in [3.8, 4) is 0 Å². The Morgan fingerprint density at radius 3 is 2.29 bits per heavy atom. The molecule has 1 amide bonds. The number of piperidine rings is 1. The summed E-state index contributed by atoms with van der Waals surface area (Å²) in [6.45, 7) is 7.50. The van der Waals surface area contributed by atoms with Gasteiger partial charge in [-0.05, 0) is 39.2 Å². The molecule has 0 bridgehead atoms. The molecule has 0 N–H and O–H groups in total. The number of aromatic nitrogens is 2. The highest BCUT2D eigenvalue weighted by atomic mass is 32.2. The fourth-order valence-electron chi connectivity index (χ4n) is 5.45. The SMILES string of the molecule is CCN1CCC2(CN(c3ncccn3)CC23CCN(S(=O)(=O)CC)CC3)C1=O. The van der Waals surface area contributed by atoms with E-state index in [1.54, 1.807) is 29.7 Å². The molecule has 4 rings (SSSR count). The van der Waals surface area contributed by atoms with Crippen molar-refractivity contribution in [2.75, 3.05) is 49.9 Å². The Morgan fingerprint density at radius 2 is 1.71 bits per heavy atom. The molecule has 28 heavy (non-hydrogen) atoms. The van der Waals surface area contributed by atoms with Crippen LogP contribution in [0.5, 0.6) is 0 Å². The number of hydrogen-bond acceptors (Lipinski definition) is 6. The molecule has 1 aromatic heterocycles. The van der Waals surface area contributed by atoms with Crippen LogP contribution in [0.2, 0.25) is 0 Å². The molecule has 1 unspecified atom stereocenters. The average molecular weight is 408 g/mol. The van der Waals surface area contributed by atoms with Gasteiger partial charge < -0.3 is 9.80 Å². The van der Waals surface area contributed by atoms with Gasteiger partial charge in [0.15, 0.2) is 0 Å². The molecular weight excluding hydrogens is 378 g/mol. The maximum Gasteiger partial charge on any atom is 0.231 e. The van der Waals surface area contributed by atoms with Crippen molar-refractivity contribution in [1.29, 1.82) is 0 Å². The first kappa shape index (κ1) is 19.6. The minimum Gasteiger partial charge on any atom is -0.342 e. The first-order chi connectivity index (χ1) is 13.4. The Bertz CT molecular complexity index is 838. The van der Waals surface area contributed by atoms with E-state index in [9.17, 15) is 13.2 Å². The Hall–Kier alpha value is -1.74. The summed E-state index contributed by atoms with van der Waals surface area (Å²) in [6.07, 6.45) is 5.69. The zero-order chi connectivity index (χ0) is 20.0.